The second-order valence-corrected chi connectivity index (χ2v) is 12.4. The Kier molecular flexibility index (Phi) is 10.4. The van der Waals surface area contributed by atoms with Gasteiger partial charge in [0.25, 0.3) is 0 Å². The molecule has 0 fully saturated rings. The molecule has 0 bridgehead atoms. The Balaban J connectivity index is 1.10. The van der Waals surface area contributed by atoms with Gasteiger partial charge in [-0.05, 0) is 66.1 Å². The maximum Gasteiger partial charge on any atom is 0.230 e. The van der Waals surface area contributed by atoms with Crippen LogP contribution in [0.2, 0.25) is 5.02 Å². The molecule has 5 heteroatoms. The standard InChI is InChI=1S/C36H39ClN2OS/c37-32-22-24-34-28(26-32)21-23-33(39-34)20-12-1-2-13-25-38-35(40)27-41-36(29-14-6-3-7-15-29,30-16-8-4-9-17-30)31-18-10-5-11-19-31/h3-11,14-19,22,24,26,33,39H,1-2,12-13,20-21,23,25,27H2,(H,38,40). The largest absolute Gasteiger partial charge is 0.382 e. The Morgan fingerprint density at radius 2 is 1.39 bits per heavy atom. The molecule has 3 nitrogen and oxygen atoms in total. The van der Waals surface area contributed by atoms with Crippen molar-refractivity contribution in [2.75, 3.05) is 17.6 Å². The topological polar surface area (TPSA) is 41.1 Å². The van der Waals surface area contributed by atoms with E-state index in [1.165, 1.54) is 47.2 Å². The van der Waals surface area contributed by atoms with E-state index in [0.29, 0.717) is 11.8 Å². The number of hydrogen-bond donors (Lipinski definition) is 2. The van der Waals surface area contributed by atoms with E-state index in [1.807, 2.05) is 24.3 Å². The number of anilines is 1. The smallest absolute Gasteiger partial charge is 0.230 e. The Morgan fingerprint density at radius 3 is 2.00 bits per heavy atom. The van der Waals surface area contributed by atoms with Crippen LogP contribution in [0.15, 0.2) is 109 Å². The van der Waals surface area contributed by atoms with Crippen LogP contribution >= 0.6 is 23.4 Å². The molecule has 5 rings (SSSR count). The van der Waals surface area contributed by atoms with Crippen LogP contribution in [-0.2, 0) is 16.0 Å². The zero-order valence-corrected chi connectivity index (χ0v) is 25.1. The summed E-state index contributed by atoms with van der Waals surface area (Å²) in [6.07, 6.45) is 7.99. The minimum absolute atomic E-state index is 0.0901. The summed E-state index contributed by atoms with van der Waals surface area (Å²) in [6, 6.07) is 38.3. The van der Waals surface area contributed by atoms with E-state index in [0.717, 1.165) is 37.3 Å². The number of unbranched alkanes of at least 4 members (excludes halogenated alkanes) is 3. The first-order valence-electron chi connectivity index (χ1n) is 14.8. The summed E-state index contributed by atoms with van der Waals surface area (Å²) in [6.45, 7) is 0.726. The molecule has 0 radical (unpaired) electrons. The van der Waals surface area contributed by atoms with E-state index >= 15 is 0 Å². The molecule has 0 saturated carbocycles. The van der Waals surface area contributed by atoms with Crippen molar-refractivity contribution in [2.24, 2.45) is 0 Å². The minimum atomic E-state index is -0.471. The van der Waals surface area contributed by atoms with Crippen molar-refractivity contribution in [2.45, 2.75) is 55.7 Å². The van der Waals surface area contributed by atoms with Gasteiger partial charge < -0.3 is 10.6 Å². The van der Waals surface area contributed by atoms with E-state index in [1.54, 1.807) is 11.8 Å². The van der Waals surface area contributed by atoms with Crippen LogP contribution in [0.4, 0.5) is 5.69 Å². The summed E-state index contributed by atoms with van der Waals surface area (Å²) in [4.78, 5) is 13.1. The van der Waals surface area contributed by atoms with Crippen LogP contribution in [-0.4, -0.2) is 24.2 Å². The van der Waals surface area contributed by atoms with E-state index < -0.39 is 4.75 Å². The molecule has 0 aliphatic carbocycles. The molecule has 1 amide bonds. The molecule has 1 unspecified atom stereocenters. The van der Waals surface area contributed by atoms with Gasteiger partial charge in [0.05, 0.1) is 10.5 Å². The summed E-state index contributed by atoms with van der Waals surface area (Å²) in [5.74, 6) is 0.478. The number of carbonyl (C=O) groups excluding carboxylic acids is 1. The number of rotatable bonds is 13. The lowest BCUT2D eigenvalue weighted by Gasteiger charge is -2.35. The molecular weight excluding hydrogens is 544 g/mol. The summed E-state index contributed by atoms with van der Waals surface area (Å²) < 4.78 is -0.471. The Hall–Kier alpha value is -3.21. The van der Waals surface area contributed by atoms with E-state index in [9.17, 15) is 4.79 Å². The zero-order chi connectivity index (χ0) is 28.3. The lowest BCUT2D eigenvalue weighted by molar-refractivity contribution is -0.118. The lowest BCUT2D eigenvalue weighted by Crippen LogP contribution is -2.31. The predicted octanol–water partition coefficient (Wildman–Crippen LogP) is 8.86. The molecule has 1 atom stereocenters. The number of halogens is 1. The van der Waals surface area contributed by atoms with Crippen molar-refractivity contribution < 1.29 is 4.79 Å². The second kappa shape index (κ2) is 14.6. The minimum Gasteiger partial charge on any atom is -0.382 e. The normalized spacial score (nSPS) is 14.6. The monoisotopic (exact) mass is 582 g/mol. The van der Waals surface area contributed by atoms with Crippen molar-refractivity contribution in [3.05, 3.63) is 136 Å². The van der Waals surface area contributed by atoms with Gasteiger partial charge in [-0.15, -0.1) is 11.8 Å². The molecule has 1 aliphatic rings. The number of fused-ring (bicyclic) bond motifs is 1. The number of aryl methyl sites for hydroxylation is 1. The molecule has 0 spiro atoms. The van der Waals surface area contributed by atoms with Gasteiger partial charge in [0, 0.05) is 23.3 Å². The predicted molar refractivity (Wildman–Crippen MR) is 175 cm³/mol. The number of thioether (sulfide) groups is 1. The number of benzene rings is 4. The lowest BCUT2D eigenvalue weighted by atomic mass is 9.84. The first-order chi connectivity index (χ1) is 20.1. The Morgan fingerprint density at radius 1 is 0.805 bits per heavy atom. The molecule has 1 heterocycles. The molecule has 41 heavy (non-hydrogen) atoms. The van der Waals surface area contributed by atoms with Gasteiger partial charge in [-0.3, -0.25) is 4.79 Å². The van der Waals surface area contributed by atoms with Crippen LogP contribution in [0.1, 0.15) is 60.8 Å². The highest BCUT2D eigenvalue weighted by Crippen LogP contribution is 2.48. The number of hydrogen-bond acceptors (Lipinski definition) is 3. The van der Waals surface area contributed by atoms with Gasteiger partial charge in [-0.25, -0.2) is 0 Å². The second-order valence-electron chi connectivity index (χ2n) is 10.8. The van der Waals surface area contributed by atoms with Gasteiger partial charge in [0.2, 0.25) is 5.91 Å². The number of amides is 1. The first-order valence-corrected chi connectivity index (χ1v) is 16.1. The molecule has 0 saturated heterocycles. The van der Waals surface area contributed by atoms with Crippen LogP contribution in [0.5, 0.6) is 0 Å². The van der Waals surface area contributed by atoms with Gasteiger partial charge in [0.1, 0.15) is 0 Å². The summed E-state index contributed by atoms with van der Waals surface area (Å²) >= 11 is 7.83. The highest BCUT2D eigenvalue weighted by Gasteiger charge is 2.37. The van der Waals surface area contributed by atoms with Crippen molar-refractivity contribution in [3.8, 4) is 0 Å². The summed E-state index contributed by atoms with van der Waals surface area (Å²) in [7, 11) is 0. The maximum absolute atomic E-state index is 13.1. The third-order valence-electron chi connectivity index (χ3n) is 7.95. The average Bonchev–Trinajstić information content (AvgIpc) is 3.02. The average molecular weight is 583 g/mol. The van der Waals surface area contributed by atoms with Crippen molar-refractivity contribution in [1.82, 2.24) is 5.32 Å². The first kappa shape index (κ1) is 29.3. The quantitative estimate of drug-likeness (QED) is 0.122. The van der Waals surface area contributed by atoms with E-state index in [4.69, 9.17) is 11.6 Å². The molecule has 212 valence electrons. The van der Waals surface area contributed by atoms with Crippen molar-refractivity contribution in [1.29, 1.82) is 0 Å². The summed E-state index contributed by atoms with van der Waals surface area (Å²) in [5, 5.41) is 7.68. The SMILES string of the molecule is O=C(CSC(c1ccccc1)(c1ccccc1)c1ccccc1)NCCCCCCC1CCc2cc(Cl)ccc2N1. The molecule has 1 aliphatic heterocycles. The van der Waals surface area contributed by atoms with E-state index in [-0.39, 0.29) is 5.91 Å². The van der Waals surface area contributed by atoms with Crippen molar-refractivity contribution in [3.63, 3.8) is 0 Å². The van der Waals surface area contributed by atoms with Gasteiger partial charge in [0.15, 0.2) is 0 Å². The fraction of sp³-hybridized carbons (Fsp3) is 0.306. The van der Waals surface area contributed by atoms with Gasteiger partial charge in [-0.1, -0.05) is 122 Å². The highest BCUT2D eigenvalue weighted by molar-refractivity contribution is 8.01. The third-order valence-corrected chi connectivity index (χ3v) is 9.73. The zero-order valence-electron chi connectivity index (χ0n) is 23.5. The van der Waals surface area contributed by atoms with Crippen LogP contribution in [0.25, 0.3) is 0 Å². The fourth-order valence-electron chi connectivity index (χ4n) is 5.84. The molecule has 4 aromatic carbocycles. The fourth-order valence-corrected chi connectivity index (χ4v) is 7.39. The Labute approximate surface area is 254 Å². The molecule has 4 aromatic rings. The van der Waals surface area contributed by atoms with Gasteiger partial charge >= 0.3 is 0 Å². The van der Waals surface area contributed by atoms with Crippen molar-refractivity contribution >= 4 is 35.0 Å². The Bertz CT molecular complexity index is 1280. The van der Waals surface area contributed by atoms with E-state index in [2.05, 4.69) is 95.6 Å². The maximum atomic E-state index is 13.1. The highest BCUT2D eigenvalue weighted by atomic mass is 35.5. The number of carbonyl (C=O) groups is 1. The third kappa shape index (κ3) is 7.55. The number of nitrogens with one attached hydrogen (secondary N) is 2. The van der Waals surface area contributed by atoms with Crippen LogP contribution < -0.4 is 10.6 Å². The molecule has 2 N–H and O–H groups in total. The van der Waals surface area contributed by atoms with Crippen LogP contribution in [0, 0.1) is 0 Å². The van der Waals surface area contributed by atoms with Gasteiger partial charge in [-0.2, -0.15) is 0 Å². The molecular formula is C36H39ClN2OS. The van der Waals surface area contributed by atoms with Crippen LogP contribution in [0.3, 0.4) is 0 Å². The molecule has 0 aromatic heterocycles. The summed E-state index contributed by atoms with van der Waals surface area (Å²) in [5.41, 5.74) is 6.10.